The molecule has 0 atom stereocenters. The van der Waals surface area contributed by atoms with E-state index in [-0.39, 0.29) is 11.7 Å². The van der Waals surface area contributed by atoms with Crippen molar-refractivity contribution in [2.24, 2.45) is 0 Å². The fourth-order valence-electron chi connectivity index (χ4n) is 1.59. The third kappa shape index (κ3) is 3.71. The minimum absolute atomic E-state index is 0.202. The molecule has 2 aromatic rings. The van der Waals surface area contributed by atoms with Crippen LogP contribution in [-0.2, 0) is 6.54 Å². The van der Waals surface area contributed by atoms with E-state index in [1.54, 1.807) is 0 Å². The second-order valence-electron chi connectivity index (χ2n) is 4.07. The molecule has 1 amide bonds. The maximum absolute atomic E-state index is 12.1. The smallest absolute Gasteiger partial charge is 0.265 e. The largest absolute Gasteiger partial charge is 0.382 e. The molecule has 1 heterocycles. The predicted molar refractivity (Wildman–Crippen MR) is 86.0 cm³/mol. The standard InChI is InChI=1S/C13H15BrN4OS/c1-2-16-13-18-11(15)10(20-13)12(19)17-7-8-3-5-9(14)6-4-8/h3-6H,2,7,15H2,1H3,(H,16,18)(H,17,19). The maximum atomic E-state index is 12.1. The van der Waals surface area contributed by atoms with Crippen LogP contribution in [0.2, 0.25) is 0 Å². The first-order valence-electron chi connectivity index (χ1n) is 6.13. The van der Waals surface area contributed by atoms with Crippen molar-refractivity contribution in [1.29, 1.82) is 0 Å². The molecule has 0 fully saturated rings. The molecule has 0 aliphatic rings. The average Bonchev–Trinajstić information content (AvgIpc) is 2.79. The number of benzene rings is 1. The number of carbonyl (C=O) groups excluding carboxylic acids is 1. The summed E-state index contributed by atoms with van der Waals surface area (Å²) in [6, 6.07) is 7.77. The van der Waals surface area contributed by atoms with E-state index >= 15 is 0 Å². The fraction of sp³-hybridized carbons (Fsp3) is 0.231. The highest BCUT2D eigenvalue weighted by atomic mass is 79.9. The lowest BCUT2D eigenvalue weighted by atomic mass is 10.2. The summed E-state index contributed by atoms with van der Waals surface area (Å²) in [6.07, 6.45) is 0. The van der Waals surface area contributed by atoms with E-state index in [0.717, 1.165) is 16.6 Å². The lowest BCUT2D eigenvalue weighted by molar-refractivity contribution is 0.0955. The number of halogens is 1. The Hall–Kier alpha value is -1.60. The topological polar surface area (TPSA) is 80.0 Å². The van der Waals surface area contributed by atoms with Gasteiger partial charge in [0.1, 0.15) is 10.7 Å². The Morgan fingerprint density at radius 3 is 2.75 bits per heavy atom. The van der Waals surface area contributed by atoms with E-state index in [1.807, 2.05) is 31.2 Å². The van der Waals surface area contributed by atoms with Crippen molar-refractivity contribution in [2.75, 3.05) is 17.6 Å². The van der Waals surface area contributed by atoms with Crippen LogP contribution in [0.4, 0.5) is 10.9 Å². The zero-order valence-electron chi connectivity index (χ0n) is 10.9. The van der Waals surface area contributed by atoms with Gasteiger partial charge in [0.15, 0.2) is 5.13 Å². The molecule has 0 aliphatic heterocycles. The predicted octanol–water partition coefficient (Wildman–Crippen LogP) is 2.85. The summed E-state index contributed by atoms with van der Waals surface area (Å²) in [5, 5.41) is 6.55. The molecule has 0 saturated carbocycles. The first-order chi connectivity index (χ1) is 9.60. The third-order valence-corrected chi connectivity index (χ3v) is 4.11. The lowest BCUT2D eigenvalue weighted by Gasteiger charge is -2.04. The van der Waals surface area contributed by atoms with Crippen LogP contribution in [0.15, 0.2) is 28.7 Å². The summed E-state index contributed by atoms with van der Waals surface area (Å²) in [5.74, 6) is 0.0614. The minimum atomic E-state index is -0.202. The van der Waals surface area contributed by atoms with Crippen LogP contribution in [0.25, 0.3) is 0 Å². The minimum Gasteiger partial charge on any atom is -0.382 e. The van der Waals surface area contributed by atoms with Gasteiger partial charge >= 0.3 is 0 Å². The molecule has 0 saturated heterocycles. The van der Waals surface area contributed by atoms with Crippen LogP contribution >= 0.6 is 27.3 Å². The molecule has 0 unspecified atom stereocenters. The van der Waals surface area contributed by atoms with Gasteiger partial charge in [0.2, 0.25) is 0 Å². The van der Waals surface area contributed by atoms with E-state index in [2.05, 4.69) is 31.5 Å². The fourth-order valence-corrected chi connectivity index (χ4v) is 2.72. The highest BCUT2D eigenvalue weighted by Crippen LogP contribution is 2.24. The van der Waals surface area contributed by atoms with Crippen molar-refractivity contribution in [3.63, 3.8) is 0 Å². The van der Waals surface area contributed by atoms with Gasteiger partial charge in [0, 0.05) is 17.6 Å². The number of hydrogen-bond donors (Lipinski definition) is 3. The maximum Gasteiger partial charge on any atom is 0.265 e. The summed E-state index contributed by atoms with van der Waals surface area (Å²) in [5.41, 5.74) is 6.78. The van der Waals surface area contributed by atoms with Gasteiger partial charge in [-0.3, -0.25) is 4.79 Å². The molecular weight excluding hydrogens is 340 g/mol. The second-order valence-corrected chi connectivity index (χ2v) is 5.99. The molecule has 5 nitrogen and oxygen atoms in total. The third-order valence-electron chi connectivity index (χ3n) is 2.55. The van der Waals surface area contributed by atoms with Crippen LogP contribution in [0, 0.1) is 0 Å². The van der Waals surface area contributed by atoms with Gasteiger partial charge in [-0.2, -0.15) is 0 Å². The molecule has 0 bridgehead atoms. The summed E-state index contributed by atoms with van der Waals surface area (Å²) < 4.78 is 1.01. The summed E-state index contributed by atoms with van der Waals surface area (Å²) in [4.78, 5) is 16.6. The first-order valence-corrected chi connectivity index (χ1v) is 7.74. The van der Waals surface area contributed by atoms with E-state index in [1.165, 1.54) is 11.3 Å². The van der Waals surface area contributed by atoms with Crippen LogP contribution in [0.1, 0.15) is 22.2 Å². The molecule has 1 aromatic heterocycles. The van der Waals surface area contributed by atoms with Crippen molar-refractivity contribution in [3.05, 3.63) is 39.2 Å². The number of nitrogens with two attached hydrogens (primary N) is 1. The number of thiazole rings is 1. The number of nitrogens with zero attached hydrogens (tertiary/aromatic N) is 1. The van der Waals surface area contributed by atoms with Gasteiger partial charge in [-0.25, -0.2) is 4.98 Å². The van der Waals surface area contributed by atoms with Crippen molar-refractivity contribution in [3.8, 4) is 0 Å². The highest BCUT2D eigenvalue weighted by molar-refractivity contribution is 9.10. The van der Waals surface area contributed by atoms with Crippen molar-refractivity contribution in [1.82, 2.24) is 10.3 Å². The number of aromatic nitrogens is 1. The molecule has 0 aliphatic carbocycles. The van der Waals surface area contributed by atoms with Crippen molar-refractivity contribution >= 4 is 44.1 Å². The zero-order chi connectivity index (χ0) is 14.5. The summed E-state index contributed by atoms with van der Waals surface area (Å²) >= 11 is 4.63. The number of nitrogens with one attached hydrogen (secondary N) is 2. The van der Waals surface area contributed by atoms with Gasteiger partial charge in [0.25, 0.3) is 5.91 Å². The van der Waals surface area contributed by atoms with Gasteiger partial charge in [-0.15, -0.1) is 0 Å². The Kier molecular flexibility index (Phi) is 4.97. The van der Waals surface area contributed by atoms with Crippen LogP contribution in [-0.4, -0.2) is 17.4 Å². The number of carbonyl (C=O) groups is 1. The van der Waals surface area contributed by atoms with E-state index in [9.17, 15) is 4.79 Å². The molecule has 7 heteroatoms. The van der Waals surface area contributed by atoms with Crippen LogP contribution in [0.3, 0.4) is 0 Å². The Morgan fingerprint density at radius 2 is 2.10 bits per heavy atom. The monoisotopic (exact) mass is 354 g/mol. The number of amides is 1. The number of hydrogen-bond acceptors (Lipinski definition) is 5. The van der Waals surface area contributed by atoms with E-state index in [4.69, 9.17) is 5.73 Å². The van der Waals surface area contributed by atoms with Crippen molar-refractivity contribution in [2.45, 2.75) is 13.5 Å². The molecule has 0 radical (unpaired) electrons. The molecule has 4 N–H and O–H groups in total. The van der Waals surface area contributed by atoms with Crippen LogP contribution in [0.5, 0.6) is 0 Å². The summed E-state index contributed by atoms with van der Waals surface area (Å²) in [6.45, 7) is 3.16. The van der Waals surface area contributed by atoms with Gasteiger partial charge in [-0.1, -0.05) is 39.4 Å². The second kappa shape index (κ2) is 6.71. The molecule has 0 spiro atoms. The van der Waals surface area contributed by atoms with E-state index in [0.29, 0.717) is 16.6 Å². The Balaban J connectivity index is 1.99. The molecule has 20 heavy (non-hydrogen) atoms. The first kappa shape index (κ1) is 14.8. The number of rotatable bonds is 5. The van der Waals surface area contributed by atoms with Gasteiger partial charge < -0.3 is 16.4 Å². The number of anilines is 2. The van der Waals surface area contributed by atoms with Crippen molar-refractivity contribution < 1.29 is 4.79 Å². The SMILES string of the molecule is CCNc1nc(N)c(C(=O)NCc2ccc(Br)cc2)s1. The average molecular weight is 355 g/mol. The summed E-state index contributed by atoms with van der Waals surface area (Å²) in [7, 11) is 0. The molecular formula is C13H15BrN4OS. The van der Waals surface area contributed by atoms with Gasteiger partial charge in [-0.05, 0) is 24.6 Å². The quantitative estimate of drug-likeness (QED) is 0.771. The van der Waals surface area contributed by atoms with Gasteiger partial charge in [0.05, 0.1) is 0 Å². The Labute approximate surface area is 129 Å². The molecule has 1 aromatic carbocycles. The Bertz CT molecular complexity index is 597. The lowest BCUT2D eigenvalue weighted by Crippen LogP contribution is -2.22. The normalized spacial score (nSPS) is 10.3. The van der Waals surface area contributed by atoms with E-state index < -0.39 is 0 Å². The molecule has 106 valence electrons. The Morgan fingerprint density at radius 1 is 1.40 bits per heavy atom. The highest BCUT2D eigenvalue weighted by Gasteiger charge is 2.15. The van der Waals surface area contributed by atoms with Crippen LogP contribution < -0.4 is 16.4 Å². The number of nitrogen functional groups attached to an aromatic ring is 1. The molecule has 2 rings (SSSR count). The zero-order valence-corrected chi connectivity index (χ0v) is 13.3.